The third-order valence-corrected chi connectivity index (χ3v) is 12.9. The van der Waals surface area contributed by atoms with E-state index in [4.69, 9.17) is 0 Å². The van der Waals surface area contributed by atoms with Gasteiger partial charge in [0.2, 0.25) is 0 Å². The van der Waals surface area contributed by atoms with Crippen molar-refractivity contribution in [2.75, 3.05) is 4.90 Å². The van der Waals surface area contributed by atoms with Crippen LogP contribution in [-0.4, -0.2) is 9.13 Å². The highest BCUT2D eigenvalue weighted by Gasteiger charge is 2.36. The molecule has 1 aliphatic rings. The van der Waals surface area contributed by atoms with Gasteiger partial charge in [0, 0.05) is 55.4 Å². The highest BCUT2D eigenvalue weighted by atomic mass is 15.1. The second kappa shape index (κ2) is 13.2. The maximum Gasteiger partial charge on any atom is 0.0541 e. The fraction of sp³-hybridized carbons (Fsp3) is 0.0526. The second-order valence-corrected chi connectivity index (χ2v) is 16.6. The van der Waals surface area contributed by atoms with Crippen LogP contribution in [0.4, 0.5) is 17.1 Å². The van der Waals surface area contributed by atoms with Crippen LogP contribution in [0.1, 0.15) is 25.0 Å². The fourth-order valence-electron chi connectivity index (χ4n) is 10.0. The Morgan fingerprint density at radius 2 is 0.767 bits per heavy atom. The lowest BCUT2D eigenvalue weighted by Gasteiger charge is -2.28. The molecule has 2 heterocycles. The normalized spacial score (nSPS) is 13.0. The van der Waals surface area contributed by atoms with E-state index in [1.54, 1.807) is 0 Å². The molecule has 60 heavy (non-hydrogen) atoms. The molecule has 9 aromatic carbocycles. The standard InChI is InChI=1S/C57H41N3/c1-57(2)51-36-39(38-26-34-56-50(35-38)49-21-11-14-24-55(49)59(56)41-17-7-4-8-18-41)25-32-45(51)46-33-31-44(37-52(46)57)58(40-15-5-3-6-16-40)42-27-29-43(30-28-42)60-53-22-12-9-19-47(53)48-20-10-13-23-54(48)60/h3-37H,1-2H3. The van der Waals surface area contributed by atoms with Crippen LogP contribution in [0.5, 0.6) is 0 Å². The van der Waals surface area contributed by atoms with Gasteiger partial charge in [-0.1, -0.05) is 129 Å². The fourth-order valence-corrected chi connectivity index (χ4v) is 10.0. The summed E-state index contributed by atoms with van der Waals surface area (Å²) in [4.78, 5) is 2.39. The SMILES string of the molecule is CC1(C)c2cc(-c3ccc4c(c3)c3ccccc3n4-c3ccccc3)ccc2-c2ccc(N(c3ccccc3)c3ccc(-n4c5ccccc5c5ccccc54)cc3)cc21. The average molecular weight is 768 g/mol. The number of aromatic nitrogens is 2. The van der Waals surface area contributed by atoms with E-state index in [9.17, 15) is 0 Å². The second-order valence-electron chi connectivity index (χ2n) is 16.6. The van der Waals surface area contributed by atoms with Crippen LogP contribution in [0.3, 0.4) is 0 Å². The summed E-state index contributed by atoms with van der Waals surface area (Å²) in [5.74, 6) is 0. The van der Waals surface area contributed by atoms with Crippen molar-refractivity contribution < 1.29 is 0 Å². The lowest BCUT2D eigenvalue weighted by atomic mass is 9.81. The van der Waals surface area contributed by atoms with Crippen LogP contribution in [0, 0.1) is 0 Å². The van der Waals surface area contributed by atoms with Crippen molar-refractivity contribution in [1.82, 2.24) is 9.13 Å². The highest BCUT2D eigenvalue weighted by Crippen LogP contribution is 2.52. The van der Waals surface area contributed by atoms with Gasteiger partial charge in [0.25, 0.3) is 0 Å². The zero-order valence-corrected chi connectivity index (χ0v) is 33.5. The van der Waals surface area contributed by atoms with Gasteiger partial charge >= 0.3 is 0 Å². The van der Waals surface area contributed by atoms with Crippen LogP contribution >= 0.6 is 0 Å². The van der Waals surface area contributed by atoms with Crippen molar-refractivity contribution in [2.45, 2.75) is 19.3 Å². The summed E-state index contributed by atoms with van der Waals surface area (Å²) in [6, 6.07) is 77.8. The number of rotatable bonds is 6. The van der Waals surface area contributed by atoms with Crippen molar-refractivity contribution in [3.63, 3.8) is 0 Å². The summed E-state index contributed by atoms with van der Waals surface area (Å²) in [5, 5.41) is 5.07. The van der Waals surface area contributed by atoms with Gasteiger partial charge < -0.3 is 14.0 Å². The minimum absolute atomic E-state index is 0.202. The minimum Gasteiger partial charge on any atom is -0.310 e. The first-order valence-corrected chi connectivity index (χ1v) is 20.9. The molecule has 0 spiro atoms. The number of benzene rings is 9. The van der Waals surface area contributed by atoms with Crippen molar-refractivity contribution >= 4 is 60.7 Å². The molecule has 1 aliphatic carbocycles. The Morgan fingerprint density at radius 3 is 1.40 bits per heavy atom. The summed E-state index contributed by atoms with van der Waals surface area (Å²) in [5.41, 5.74) is 18.2. The topological polar surface area (TPSA) is 13.1 Å². The van der Waals surface area contributed by atoms with Crippen LogP contribution in [0.25, 0.3) is 77.2 Å². The van der Waals surface area contributed by atoms with Crippen molar-refractivity contribution in [1.29, 1.82) is 0 Å². The Labute approximate surface area is 349 Å². The highest BCUT2D eigenvalue weighted by molar-refractivity contribution is 6.11. The summed E-state index contributed by atoms with van der Waals surface area (Å²) >= 11 is 0. The largest absolute Gasteiger partial charge is 0.310 e. The van der Waals surface area contributed by atoms with E-state index in [1.165, 1.54) is 82.7 Å². The summed E-state index contributed by atoms with van der Waals surface area (Å²) in [6.07, 6.45) is 0. The van der Waals surface area contributed by atoms with E-state index >= 15 is 0 Å². The molecule has 0 atom stereocenters. The molecule has 0 radical (unpaired) electrons. The van der Waals surface area contributed by atoms with Crippen LogP contribution in [0.2, 0.25) is 0 Å². The van der Waals surface area contributed by atoms with Crippen molar-refractivity contribution in [3.8, 4) is 33.6 Å². The molecule has 2 aromatic heterocycles. The average Bonchev–Trinajstić information content (AvgIpc) is 3.90. The summed E-state index contributed by atoms with van der Waals surface area (Å²) in [7, 11) is 0. The van der Waals surface area contributed by atoms with Gasteiger partial charge in [-0.3, -0.25) is 0 Å². The van der Waals surface area contributed by atoms with Gasteiger partial charge in [0.15, 0.2) is 0 Å². The Morgan fingerprint density at radius 1 is 0.333 bits per heavy atom. The van der Waals surface area contributed by atoms with Crippen molar-refractivity contribution in [3.05, 3.63) is 223 Å². The third kappa shape index (κ3) is 5.15. The Balaban J connectivity index is 0.929. The minimum atomic E-state index is -0.202. The lowest BCUT2D eigenvalue weighted by molar-refractivity contribution is 0.660. The molecular formula is C57H41N3. The van der Waals surface area contributed by atoms with Gasteiger partial charge in [0.1, 0.15) is 0 Å². The Kier molecular flexibility index (Phi) is 7.58. The zero-order chi connectivity index (χ0) is 40.0. The first-order chi connectivity index (χ1) is 29.5. The molecule has 0 aliphatic heterocycles. The quantitative estimate of drug-likeness (QED) is 0.164. The third-order valence-electron chi connectivity index (χ3n) is 12.9. The number of fused-ring (bicyclic) bond motifs is 9. The maximum atomic E-state index is 2.44. The Bertz CT molecular complexity index is 3390. The molecule has 284 valence electrons. The van der Waals surface area contributed by atoms with Crippen molar-refractivity contribution in [2.24, 2.45) is 0 Å². The van der Waals surface area contributed by atoms with E-state index in [0.717, 1.165) is 22.7 Å². The molecule has 0 fully saturated rings. The molecule has 11 aromatic rings. The van der Waals surface area contributed by atoms with E-state index in [1.807, 2.05) is 0 Å². The zero-order valence-electron chi connectivity index (χ0n) is 33.5. The molecule has 0 saturated heterocycles. The molecule has 12 rings (SSSR count). The number of anilines is 3. The predicted octanol–water partition coefficient (Wildman–Crippen LogP) is 15.3. The molecular weight excluding hydrogens is 727 g/mol. The van der Waals surface area contributed by atoms with Crippen LogP contribution < -0.4 is 4.90 Å². The van der Waals surface area contributed by atoms with Gasteiger partial charge in [0.05, 0.1) is 22.1 Å². The molecule has 0 bridgehead atoms. The molecule has 0 N–H and O–H groups in total. The summed E-state index contributed by atoms with van der Waals surface area (Å²) < 4.78 is 4.76. The van der Waals surface area contributed by atoms with E-state index in [0.29, 0.717) is 0 Å². The van der Waals surface area contributed by atoms with Gasteiger partial charge in [-0.25, -0.2) is 0 Å². The monoisotopic (exact) mass is 767 g/mol. The molecule has 3 nitrogen and oxygen atoms in total. The number of nitrogens with zero attached hydrogens (tertiary/aromatic N) is 3. The molecule has 0 unspecified atom stereocenters. The summed E-state index contributed by atoms with van der Waals surface area (Å²) in [6.45, 7) is 4.77. The predicted molar refractivity (Wildman–Crippen MR) is 253 cm³/mol. The lowest BCUT2D eigenvalue weighted by Crippen LogP contribution is -2.16. The molecule has 0 saturated carbocycles. The smallest absolute Gasteiger partial charge is 0.0541 e. The molecule has 0 amide bonds. The number of hydrogen-bond acceptors (Lipinski definition) is 1. The van der Waals surface area contributed by atoms with E-state index in [2.05, 4.69) is 240 Å². The van der Waals surface area contributed by atoms with Gasteiger partial charge in [-0.05, 0) is 130 Å². The first kappa shape index (κ1) is 34.4. The van der Waals surface area contributed by atoms with E-state index in [-0.39, 0.29) is 5.41 Å². The molecule has 3 heteroatoms. The Hall–Kier alpha value is -7.62. The maximum absolute atomic E-state index is 2.44. The first-order valence-electron chi connectivity index (χ1n) is 20.9. The van der Waals surface area contributed by atoms with Gasteiger partial charge in [-0.2, -0.15) is 0 Å². The number of para-hydroxylation sites is 5. The van der Waals surface area contributed by atoms with Crippen LogP contribution in [-0.2, 0) is 5.41 Å². The van der Waals surface area contributed by atoms with Crippen LogP contribution in [0.15, 0.2) is 212 Å². The number of hydrogen-bond donors (Lipinski definition) is 0. The van der Waals surface area contributed by atoms with E-state index < -0.39 is 0 Å². The van der Waals surface area contributed by atoms with Gasteiger partial charge in [-0.15, -0.1) is 0 Å².